The van der Waals surface area contributed by atoms with Crippen LogP contribution in [0.1, 0.15) is 55.6 Å². The first-order valence-electron chi connectivity index (χ1n) is 10.5. The highest BCUT2D eigenvalue weighted by atomic mass is 35.5. The number of carbonyl (C=O) groups excluding carboxylic acids is 1. The summed E-state index contributed by atoms with van der Waals surface area (Å²) in [7, 11) is 0. The van der Waals surface area contributed by atoms with Crippen LogP contribution < -0.4 is 5.32 Å². The predicted molar refractivity (Wildman–Crippen MR) is 119 cm³/mol. The molecule has 2 aromatic rings. The van der Waals surface area contributed by atoms with Gasteiger partial charge < -0.3 is 10.4 Å². The second kappa shape index (κ2) is 8.60. The van der Waals surface area contributed by atoms with Crippen LogP contribution in [0.25, 0.3) is 0 Å². The zero-order chi connectivity index (χ0) is 21.3. The Labute approximate surface area is 186 Å². The summed E-state index contributed by atoms with van der Waals surface area (Å²) in [6.07, 6.45) is 6.13. The lowest BCUT2D eigenvalue weighted by Crippen LogP contribution is -2.27. The van der Waals surface area contributed by atoms with Gasteiger partial charge in [0.1, 0.15) is 0 Å². The van der Waals surface area contributed by atoms with Gasteiger partial charge in [0, 0.05) is 15.7 Å². The van der Waals surface area contributed by atoms with Gasteiger partial charge in [0.15, 0.2) is 0 Å². The van der Waals surface area contributed by atoms with Gasteiger partial charge in [0.2, 0.25) is 5.91 Å². The molecule has 2 aliphatic carbocycles. The molecule has 1 atom stereocenters. The third kappa shape index (κ3) is 4.50. The second-order valence-corrected chi connectivity index (χ2v) is 9.48. The number of hydrogen-bond acceptors (Lipinski definition) is 2. The number of aliphatic carboxylic acids is 1. The largest absolute Gasteiger partial charge is 0.481 e. The van der Waals surface area contributed by atoms with Crippen molar-refractivity contribution in [3.63, 3.8) is 0 Å². The van der Waals surface area contributed by atoms with Crippen molar-refractivity contribution in [3.8, 4) is 0 Å². The van der Waals surface area contributed by atoms with E-state index in [2.05, 4.69) is 5.32 Å². The molecule has 0 spiro atoms. The van der Waals surface area contributed by atoms with E-state index in [-0.39, 0.29) is 17.7 Å². The van der Waals surface area contributed by atoms with Crippen LogP contribution in [0.5, 0.6) is 0 Å². The molecule has 0 saturated heterocycles. The monoisotopic (exact) mass is 445 g/mol. The normalized spacial score (nSPS) is 18.7. The van der Waals surface area contributed by atoms with Crippen molar-refractivity contribution >= 4 is 40.8 Å². The van der Waals surface area contributed by atoms with Crippen molar-refractivity contribution in [3.05, 3.63) is 63.6 Å². The van der Waals surface area contributed by atoms with Crippen LogP contribution in [0.2, 0.25) is 10.0 Å². The van der Waals surface area contributed by atoms with Crippen molar-refractivity contribution < 1.29 is 14.7 Å². The number of rotatable bonds is 7. The number of benzene rings is 2. The smallest absolute Gasteiger partial charge is 0.309 e. The van der Waals surface area contributed by atoms with Gasteiger partial charge in [-0.1, -0.05) is 54.2 Å². The number of anilines is 1. The highest BCUT2D eigenvalue weighted by molar-refractivity contribution is 6.35. The molecule has 0 aromatic heterocycles. The lowest BCUT2D eigenvalue weighted by Gasteiger charge is -2.24. The number of carboxylic acid groups (broad SMARTS) is 1. The number of halogens is 2. The molecule has 158 valence electrons. The molecule has 4 rings (SSSR count). The van der Waals surface area contributed by atoms with Crippen LogP contribution in [0.4, 0.5) is 5.69 Å². The Morgan fingerprint density at radius 3 is 2.47 bits per heavy atom. The molecule has 4 nitrogen and oxygen atoms in total. The van der Waals surface area contributed by atoms with Gasteiger partial charge in [-0.25, -0.2) is 0 Å². The third-order valence-electron chi connectivity index (χ3n) is 6.50. The minimum Gasteiger partial charge on any atom is -0.481 e. The fourth-order valence-electron chi connectivity index (χ4n) is 4.64. The van der Waals surface area contributed by atoms with Crippen molar-refractivity contribution in [2.75, 3.05) is 5.32 Å². The Balaban J connectivity index is 1.55. The van der Waals surface area contributed by atoms with Crippen molar-refractivity contribution in [2.45, 2.75) is 50.9 Å². The van der Waals surface area contributed by atoms with Crippen molar-refractivity contribution in [1.82, 2.24) is 0 Å². The maximum Gasteiger partial charge on any atom is 0.309 e. The molecule has 0 aliphatic heterocycles. The van der Waals surface area contributed by atoms with E-state index in [1.54, 1.807) is 12.1 Å². The minimum absolute atomic E-state index is 0.0809. The van der Waals surface area contributed by atoms with Crippen LogP contribution in [0.15, 0.2) is 42.5 Å². The lowest BCUT2D eigenvalue weighted by molar-refractivity contribution is -0.143. The zero-order valence-corrected chi connectivity index (χ0v) is 18.2. The predicted octanol–water partition coefficient (Wildman–Crippen LogP) is 6.31. The average Bonchev–Trinajstić information content (AvgIpc) is 3.28. The maximum atomic E-state index is 13.4. The summed E-state index contributed by atoms with van der Waals surface area (Å²) >= 11 is 12.5. The fraction of sp³-hybridized carbons (Fsp3) is 0.417. The fourth-order valence-corrected chi connectivity index (χ4v) is 5.17. The van der Waals surface area contributed by atoms with E-state index in [0.29, 0.717) is 35.0 Å². The van der Waals surface area contributed by atoms with Crippen LogP contribution in [-0.4, -0.2) is 17.0 Å². The summed E-state index contributed by atoms with van der Waals surface area (Å²) < 4.78 is 0. The van der Waals surface area contributed by atoms with Gasteiger partial charge >= 0.3 is 5.97 Å². The number of carbonyl (C=O) groups is 2. The molecule has 2 saturated carbocycles. The van der Waals surface area contributed by atoms with Crippen LogP contribution in [0, 0.1) is 11.3 Å². The Hall–Kier alpha value is -2.04. The van der Waals surface area contributed by atoms with Crippen molar-refractivity contribution in [2.24, 2.45) is 11.3 Å². The van der Waals surface area contributed by atoms with E-state index < -0.39 is 11.4 Å². The first-order valence-corrected chi connectivity index (χ1v) is 11.2. The standard InChI is InChI=1S/C24H25Cl2NO3/c25-17-8-9-19(20(26)13-17)21(16-5-1-2-6-16)22(28)27-18-7-3-4-15(12-18)14-24(10-11-24)23(29)30/h3-4,7-9,12-13,16,21H,1-2,5-6,10-11,14H2,(H,27,28)(H,29,30). The van der Waals surface area contributed by atoms with Crippen LogP contribution in [-0.2, 0) is 16.0 Å². The Morgan fingerprint density at radius 2 is 1.83 bits per heavy atom. The number of hydrogen-bond donors (Lipinski definition) is 2. The van der Waals surface area contributed by atoms with E-state index in [9.17, 15) is 14.7 Å². The number of amides is 1. The quantitative estimate of drug-likeness (QED) is 0.524. The van der Waals surface area contributed by atoms with Crippen LogP contribution >= 0.6 is 23.2 Å². The molecular weight excluding hydrogens is 421 g/mol. The summed E-state index contributed by atoms with van der Waals surface area (Å²) in [5.41, 5.74) is 1.79. The van der Waals surface area contributed by atoms with Gasteiger partial charge in [0.05, 0.1) is 11.3 Å². The molecule has 0 radical (unpaired) electrons. The highest BCUT2D eigenvalue weighted by Gasteiger charge is 2.49. The van der Waals surface area contributed by atoms with Gasteiger partial charge in [0.25, 0.3) is 0 Å². The topological polar surface area (TPSA) is 66.4 Å². The maximum absolute atomic E-state index is 13.4. The van der Waals surface area contributed by atoms with E-state index in [1.807, 2.05) is 30.3 Å². The Kier molecular flexibility index (Phi) is 6.08. The molecule has 2 aromatic carbocycles. The van der Waals surface area contributed by atoms with E-state index in [0.717, 1.165) is 36.8 Å². The molecular formula is C24H25Cl2NO3. The molecule has 0 heterocycles. The van der Waals surface area contributed by atoms with E-state index >= 15 is 0 Å². The molecule has 30 heavy (non-hydrogen) atoms. The molecule has 1 amide bonds. The summed E-state index contributed by atoms with van der Waals surface area (Å²) in [6.45, 7) is 0. The first-order chi connectivity index (χ1) is 14.4. The summed E-state index contributed by atoms with van der Waals surface area (Å²) in [4.78, 5) is 24.9. The lowest BCUT2D eigenvalue weighted by atomic mass is 9.84. The van der Waals surface area contributed by atoms with E-state index in [1.165, 1.54) is 0 Å². The SMILES string of the molecule is O=C(Nc1cccc(CC2(C(=O)O)CC2)c1)C(c1ccc(Cl)cc1Cl)C1CCCC1. The summed E-state index contributed by atoms with van der Waals surface area (Å²) in [6, 6.07) is 12.8. The molecule has 1 unspecified atom stereocenters. The second-order valence-electron chi connectivity index (χ2n) is 8.64. The van der Waals surface area contributed by atoms with Gasteiger partial charge in [-0.05, 0) is 73.4 Å². The van der Waals surface area contributed by atoms with Crippen LogP contribution in [0.3, 0.4) is 0 Å². The average molecular weight is 446 g/mol. The summed E-state index contributed by atoms with van der Waals surface area (Å²) in [5.74, 6) is -0.915. The number of carboxylic acids is 1. The molecule has 2 aliphatic rings. The molecule has 2 N–H and O–H groups in total. The minimum atomic E-state index is -0.740. The molecule has 0 bridgehead atoms. The first kappa shape index (κ1) is 21.2. The van der Waals surface area contributed by atoms with Crippen molar-refractivity contribution in [1.29, 1.82) is 0 Å². The van der Waals surface area contributed by atoms with Gasteiger partial charge in [-0.15, -0.1) is 0 Å². The highest BCUT2D eigenvalue weighted by Crippen LogP contribution is 2.48. The number of nitrogens with one attached hydrogen (secondary N) is 1. The van der Waals surface area contributed by atoms with Gasteiger partial charge in [-0.2, -0.15) is 0 Å². The summed E-state index contributed by atoms with van der Waals surface area (Å²) in [5, 5.41) is 13.6. The van der Waals surface area contributed by atoms with E-state index in [4.69, 9.17) is 23.2 Å². The molecule has 6 heteroatoms. The van der Waals surface area contributed by atoms with Gasteiger partial charge in [-0.3, -0.25) is 9.59 Å². The zero-order valence-electron chi connectivity index (χ0n) is 16.7. The Morgan fingerprint density at radius 1 is 1.10 bits per heavy atom. The third-order valence-corrected chi connectivity index (χ3v) is 7.06. The Bertz CT molecular complexity index is 965. The molecule has 2 fully saturated rings.